The van der Waals surface area contributed by atoms with E-state index in [9.17, 15) is 0 Å². The van der Waals surface area contributed by atoms with Crippen LogP contribution in [0.2, 0.25) is 0 Å². The van der Waals surface area contributed by atoms with Gasteiger partial charge in [0.15, 0.2) is 5.11 Å². The van der Waals surface area contributed by atoms with Gasteiger partial charge in [-0.15, -0.1) is 11.3 Å². The Morgan fingerprint density at radius 2 is 2.64 bits per heavy atom. The Labute approximate surface area is 73.8 Å². The first-order valence-electron chi connectivity index (χ1n) is 2.94. The van der Waals surface area contributed by atoms with Crippen molar-refractivity contribution in [2.75, 3.05) is 0 Å². The van der Waals surface area contributed by atoms with Crippen molar-refractivity contribution < 1.29 is 0 Å². The summed E-state index contributed by atoms with van der Waals surface area (Å²) in [6, 6.07) is 0. The van der Waals surface area contributed by atoms with Crippen molar-refractivity contribution >= 4 is 28.7 Å². The SMILES string of the molecule is NNC(=S)NCc1cncs1. The number of thiocarbonyl (C=S) groups is 1. The van der Waals surface area contributed by atoms with Gasteiger partial charge in [0.25, 0.3) is 0 Å². The highest BCUT2D eigenvalue weighted by Crippen LogP contribution is 2.03. The Hall–Kier alpha value is -0.720. The topological polar surface area (TPSA) is 63.0 Å². The number of nitrogens with zero attached hydrogens (tertiary/aromatic N) is 1. The lowest BCUT2D eigenvalue weighted by molar-refractivity contribution is 0.876. The zero-order valence-electron chi connectivity index (χ0n) is 5.70. The smallest absolute Gasteiger partial charge is 0.180 e. The molecule has 4 N–H and O–H groups in total. The van der Waals surface area contributed by atoms with Crippen LogP contribution in [-0.4, -0.2) is 10.1 Å². The number of aromatic nitrogens is 1. The van der Waals surface area contributed by atoms with E-state index in [1.54, 1.807) is 23.0 Å². The Morgan fingerprint density at radius 3 is 3.18 bits per heavy atom. The molecule has 1 aromatic rings. The van der Waals surface area contributed by atoms with Crippen LogP contribution in [0.5, 0.6) is 0 Å². The van der Waals surface area contributed by atoms with Gasteiger partial charge in [-0.3, -0.25) is 4.98 Å². The molecule has 0 saturated heterocycles. The van der Waals surface area contributed by atoms with Crippen molar-refractivity contribution in [2.45, 2.75) is 6.54 Å². The molecule has 0 aliphatic rings. The number of nitrogens with two attached hydrogens (primary N) is 1. The summed E-state index contributed by atoms with van der Waals surface area (Å²) in [4.78, 5) is 5.04. The molecule has 0 bridgehead atoms. The molecule has 0 aliphatic heterocycles. The molecule has 0 amide bonds. The van der Waals surface area contributed by atoms with E-state index in [1.807, 2.05) is 0 Å². The van der Waals surface area contributed by atoms with Crippen LogP contribution in [0, 0.1) is 0 Å². The van der Waals surface area contributed by atoms with E-state index in [0.717, 1.165) is 4.88 Å². The summed E-state index contributed by atoms with van der Waals surface area (Å²) in [6.07, 6.45) is 1.79. The number of hydrogen-bond acceptors (Lipinski definition) is 4. The molecule has 0 atom stereocenters. The van der Waals surface area contributed by atoms with Gasteiger partial charge < -0.3 is 10.7 Å². The second-order valence-electron chi connectivity index (χ2n) is 1.79. The fraction of sp³-hybridized carbons (Fsp3) is 0.200. The molecule has 0 aliphatic carbocycles. The van der Waals surface area contributed by atoms with Crippen LogP contribution in [0.25, 0.3) is 0 Å². The van der Waals surface area contributed by atoms with Gasteiger partial charge in [0.05, 0.1) is 12.1 Å². The number of thiazole rings is 1. The van der Waals surface area contributed by atoms with Gasteiger partial charge in [-0.1, -0.05) is 0 Å². The Bertz CT molecular complexity index is 220. The van der Waals surface area contributed by atoms with Gasteiger partial charge in [0.2, 0.25) is 0 Å². The minimum atomic E-state index is 0.443. The molecule has 11 heavy (non-hydrogen) atoms. The Balaban J connectivity index is 2.29. The highest BCUT2D eigenvalue weighted by atomic mass is 32.1. The lowest BCUT2D eigenvalue weighted by atomic mass is 10.5. The van der Waals surface area contributed by atoms with Crippen LogP contribution in [0.4, 0.5) is 0 Å². The number of hydrazine groups is 1. The van der Waals surface area contributed by atoms with Crippen LogP contribution < -0.4 is 16.6 Å². The molecule has 1 heterocycles. The van der Waals surface area contributed by atoms with E-state index < -0.39 is 0 Å². The highest BCUT2D eigenvalue weighted by Gasteiger charge is 1.94. The third-order valence-corrected chi connectivity index (χ3v) is 2.08. The molecule has 0 aromatic carbocycles. The van der Waals surface area contributed by atoms with Gasteiger partial charge in [0.1, 0.15) is 0 Å². The predicted octanol–water partition coefficient (Wildman–Crippen LogP) is -0.0191. The summed E-state index contributed by atoms with van der Waals surface area (Å²) in [5.74, 6) is 5.05. The quantitative estimate of drug-likeness (QED) is 0.346. The zero-order valence-corrected chi connectivity index (χ0v) is 7.34. The maximum atomic E-state index is 5.05. The summed E-state index contributed by atoms with van der Waals surface area (Å²) in [5, 5.41) is 3.34. The van der Waals surface area contributed by atoms with E-state index >= 15 is 0 Å². The maximum absolute atomic E-state index is 5.05. The molecule has 0 spiro atoms. The average molecular weight is 188 g/mol. The van der Waals surface area contributed by atoms with E-state index in [0.29, 0.717) is 11.7 Å². The van der Waals surface area contributed by atoms with E-state index in [-0.39, 0.29) is 0 Å². The van der Waals surface area contributed by atoms with Crippen molar-refractivity contribution in [3.8, 4) is 0 Å². The van der Waals surface area contributed by atoms with Crippen LogP contribution in [0.3, 0.4) is 0 Å². The molecule has 0 fully saturated rings. The van der Waals surface area contributed by atoms with Crippen molar-refractivity contribution in [1.29, 1.82) is 0 Å². The van der Waals surface area contributed by atoms with Gasteiger partial charge in [-0.05, 0) is 12.2 Å². The summed E-state index contributed by atoms with van der Waals surface area (Å²) in [5.41, 5.74) is 4.11. The van der Waals surface area contributed by atoms with E-state index in [4.69, 9.17) is 18.1 Å². The van der Waals surface area contributed by atoms with Gasteiger partial charge in [-0.2, -0.15) is 0 Å². The third-order valence-electron chi connectivity index (χ3n) is 1.04. The number of nitrogens with one attached hydrogen (secondary N) is 2. The number of hydrogen-bond donors (Lipinski definition) is 3. The largest absolute Gasteiger partial charge is 0.357 e. The predicted molar refractivity (Wildman–Crippen MR) is 48.9 cm³/mol. The van der Waals surface area contributed by atoms with Crippen LogP contribution in [0.1, 0.15) is 4.88 Å². The van der Waals surface area contributed by atoms with Gasteiger partial charge in [-0.25, -0.2) is 5.84 Å². The molecule has 0 saturated carbocycles. The molecule has 0 unspecified atom stereocenters. The molecule has 1 aromatic heterocycles. The first-order chi connectivity index (χ1) is 5.33. The van der Waals surface area contributed by atoms with Gasteiger partial charge in [0, 0.05) is 11.1 Å². The van der Waals surface area contributed by atoms with Crippen LogP contribution in [-0.2, 0) is 6.54 Å². The lowest BCUT2D eigenvalue weighted by Gasteiger charge is -2.03. The molecule has 60 valence electrons. The third kappa shape index (κ3) is 2.79. The molecular weight excluding hydrogens is 180 g/mol. The normalized spacial score (nSPS) is 9.18. The summed E-state index contributed by atoms with van der Waals surface area (Å²) >= 11 is 6.34. The van der Waals surface area contributed by atoms with Crippen molar-refractivity contribution in [3.05, 3.63) is 16.6 Å². The minimum Gasteiger partial charge on any atom is -0.357 e. The standard InChI is InChI=1S/C5H8N4S2/c6-9-5(10)8-2-4-1-7-3-11-4/h1,3H,2,6H2,(H2,8,9,10). The molecule has 0 radical (unpaired) electrons. The molecule has 4 nitrogen and oxygen atoms in total. The fourth-order valence-corrected chi connectivity index (χ4v) is 1.15. The number of rotatable bonds is 2. The minimum absolute atomic E-state index is 0.443. The average Bonchev–Trinajstić information content (AvgIpc) is 2.52. The van der Waals surface area contributed by atoms with E-state index in [2.05, 4.69) is 15.7 Å². The lowest BCUT2D eigenvalue weighted by Crippen LogP contribution is -2.39. The fourth-order valence-electron chi connectivity index (χ4n) is 0.548. The summed E-state index contributed by atoms with van der Waals surface area (Å²) < 4.78 is 0. The second kappa shape index (κ2) is 4.22. The Morgan fingerprint density at radius 1 is 1.82 bits per heavy atom. The monoisotopic (exact) mass is 188 g/mol. The Kier molecular flexibility index (Phi) is 3.21. The van der Waals surface area contributed by atoms with Crippen molar-refractivity contribution in [3.63, 3.8) is 0 Å². The zero-order chi connectivity index (χ0) is 8.10. The van der Waals surface area contributed by atoms with Crippen molar-refractivity contribution in [1.82, 2.24) is 15.7 Å². The molecule has 1 rings (SSSR count). The van der Waals surface area contributed by atoms with Crippen LogP contribution in [0.15, 0.2) is 11.7 Å². The second-order valence-corrected chi connectivity index (χ2v) is 3.17. The molecule has 6 heteroatoms. The van der Waals surface area contributed by atoms with E-state index in [1.165, 1.54) is 0 Å². The first-order valence-corrected chi connectivity index (χ1v) is 4.23. The first kappa shape index (κ1) is 8.38. The maximum Gasteiger partial charge on any atom is 0.180 e. The van der Waals surface area contributed by atoms with Crippen LogP contribution >= 0.6 is 23.6 Å². The van der Waals surface area contributed by atoms with Gasteiger partial charge >= 0.3 is 0 Å². The summed E-state index contributed by atoms with van der Waals surface area (Å²) in [7, 11) is 0. The summed E-state index contributed by atoms with van der Waals surface area (Å²) in [6.45, 7) is 0.674. The highest BCUT2D eigenvalue weighted by molar-refractivity contribution is 7.80. The molecular formula is C5H8N4S2. The van der Waals surface area contributed by atoms with Crippen molar-refractivity contribution in [2.24, 2.45) is 5.84 Å².